The summed E-state index contributed by atoms with van der Waals surface area (Å²) in [6.07, 6.45) is 0.482. The highest BCUT2D eigenvalue weighted by Crippen LogP contribution is 2.47. The molecule has 22 heavy (non-hydrogen) atoms. The minimum atomic E-state index is -0.359. The van der Waals surface area contributed by atoms with Crippen LogP contribution in [0.1, 0.15) is 29.4 Å². The fraction of sp³-hybridized carbons (Fsp3) is 0.278. The van der Waals surface area contributed by atoms with Gasteiger partial charge in [-0.25, -0.2) is 0 Å². The molecule has 0 spiro atoms. The van der Waals surface area contributed by atoms with E-state index in [0.717, 1.165) is 11.1 Å². The third kappa shape index (κ3) is 2.77. The lowest BCUT2D eigenvalue weighted by Gasteiger charge is -2.39. The molecule has 0 unspecified atom stereocenters. The van der Waals surface area contributed by atoms with E-state index >= 15 is 0 Å². The second kappa shape index (κ2) is 6.10. The lowest BCUT2D eigenvalue weighted by atomic mass is 9.62. The van der Waals surface area contributed by atoms with Gasteiger partial charge in [-0.15, -0.1) is 0 Å². The van der Waals surface area contributed by atoms with Crippen molar-refractivity contribution in [3.05, 3.63) is 81.9 Å². The highest BCUT2D eigenvalue weighted by atomic mass is 16.6. The van der Waals surface area contributed by atoms with E-state index in [-0.39, 0.29) is 35.0 Å². The number of carbonyl (C=O) groups is 1. The number of carbonyl (C=O) groups excluding carboxylic acids is 1. The molecular formula is C18H17NO3. The maximum atomic E-state index is 12.2. The Kier molecular flexibility index (Phi) is 4.00. The van der Waals surface area contributed by atoms with Gasteiger partial charge in [0.05, 0.1) is 5.92 Å². The van der Waals surface area contributed by atoms with Crippen molar-refractivity contribution in [1.29, 1.82) is 0 Å². The fourth-order valence-electron chi connectivity index (χ4n) is 3.36. The predicted octanol–water partition coefficient (Wildman–Crippen LogP) is 3.42. The first-order valence-corrected chi connectivity index (χ1v) is 7.41. The molecule has 0 aromatic heterocycles. The first-order chi connectivity index (χ1) is 10.7. The molecule has 1 aliphatic rings. The number of hydrogen-bond acceptors (Lipinski definition) is 3. The molecule has 0 radical (unpaired) electrons. The van der Waals surface area contributed by atoms with Gasteiger partial charge in [0.1, 0.15) is 5.78 Å². The van der Waals surface area contributed by atoms with E-state index in [1.807, 2.05) is 60.7 Å². The number of rotatable bonds is 5. The summed E-state index contributed by atoms with van der Waals surface area (Å²) < 4.78 is 0. The third-order valence-corrected chi connectivity index (χ3v) is 4.46. The molecule has 0 heterocycles. The van der Waals surface area contributed by atoms with Gasteiger partial charge < -0.3 is 0 Å². The highest BCUT2D eigenvalue weighted by molar-refractivity contribution is 5.90. The summed E-state index contributed by atoms with van der Waals surface area (Å²) in [6, 6.07) is 19.2. The monoisotopic (exact) mass is 295 g/mol. The zero-order valence-corrected chi connectivity index (χ0v) is 12.1. The van der Waals surface area contributed by atoms with Crippen molar-refractivity contribution in [1.82, 2.24) is 0 Å². The second-order valence-electron chi connectivity index (χ2n) is 5.75. The molecule has 3 rings (SSSR count). The molecule has 2 aromatic carbocycles. The van der Waals surface area contributed by atoms with Crippen LogP contribution in [0.15, 0.2) is 60.7 Å². The molecule has 0 aliphatic heterocycles. The predicted molar refractivity (Wildman–Crippen MR) is 83.3 cm³/mol. The van der Waals surface area contributed by atoms with Gasteiger partial charge in [-0.3, -0.25) is 14.9 Å². The Morgan fingerprint density at radius 1 is 1.05 bits per heavy atom. The van der Waals surface area contributed by atoms with Crippen molar-refractivity contribution in [3.63, 3.8) is 0 Å². The average Bonchev–Trinajstić information content (AvgIpc) is 2.53. The first-order valence-electron chi connectivity index (χ1n) is 7.41. The topological polar surface area (TPSA) is 60.2 Å². The molecule has 0 amide bonds. The van der Waals surface area contributed by atoms with Crippen LogP contribution in [0.4, 0.5) is 0 Å². The van der Waals surface area contributed by atoms with Crippen LogP contribution in [-0.2, 0) is 4.79 Å². The number of nitro groups is 1. The fourth-order valence-corrected chi connectivity index (χ4v) is 3.36. The van der Waals surface area contributed by atoms with E-state index in [2.05, 4.69) is 0 Å². The van der Waals surface area contributed by atoms with Gasteiger partial charge >= 0.3 is 0 Å². The maximum Gasteiger partial charge on any atom is 0.211 e. The van der Waals surface area contributed by atoms with Crippen molar-refractivity contribution in [3.8, 4) is 0 Å². The smallest absolute Gasteiger partial charge is 0.211 e. The van der Waals surface area contributed by atoms with Gasteiger partial charge in [0, 0.05) is 23.2 Å². The molecule has 1 fully saturated rings. The molecule has 1 aliphatic carbocycles. The van der Waals surface area contributed by atoms with E-state index in [9.17, 15) is 14.9 Å². The molecular weight excluding hydrogens is 278 g/mol. The summed E-state index contributed by atoms with van der Waals surface area (Å²) in [7, 11) is 0. The maximum absolute atomic E-state index is 12.2. The van der Waals surface area contributed by atoms with Gasteiger partial charge in [0.2, 0.25) is 6.54 Å². The van der Waals surface area contributed by atoms with Gasteiger partial charge in [-0.05, 0) is 11.1 Å². The van der Waals surface area contributed by atoms with Crippen molar-refractivity contribution < 1.29 is 9.72 Å². The summed E-state index contributed by atoms with van der Waals surface area (Å²) in [5, 5.41) is 11.1. The van der Waals surface area contributed by atoms with Crippen LogP contribution < -0.4 is 0 Å². The van der Waals surface area contributed by atoms with Crippen molar-refractivity contribution >= 4 is 5.78 Å². The lowest BCUT2D eigenvalue weighted by molar-refractivity contribution is -0.484. The Bertz CT molecular complexity index is 669. The van der Waals surface area contributed by atoms with Crippen LogP contribution in [0.3, 0.4) is 0 Å². The van der Waals surface area contributed by atoms with E-state index in [1.54, 1.807) is 0 Å². The zero-order valence-electron chi connectivity index (χ0n) is 12.1. The molecule has 0 bridgehead atoms. The van der Waals surface area contributed by atoms with Crippen LogP contribution in [-0.4, -0.2) is 17.3 Å². The van der Waals surface area contributed by atoms with Crippen molar-refractivity contribution in [2.45, 2.75) is 18.3 Å². The van der Waals surface area contributed by atoms with Gasteiger partial charge in [-0.2, -0.15) is 0 Å². The molecule has 0 saturated heterocycles. The quantitative estimate of drug-likeness (QED) is 0.627. The summed E-state index contributed by atoms with van der Waals surface area (Å²) >= 11 is 0. The minimum Gasteiger partial charge on any atom is -0.299 e. The Morgan fingerprint density at radius 2 is 1.64 bits per heavy atom. The average molecular weight is 295 g/mol. The molecule has 4 heteroatoms. The number of hydrogen-bond donors (Lipinski definition) is 0. The van der Waals surface area contributed by atoms with E-state index in [4.69, 9.17) is 0 Å². The van der Waals surface area contributed by atoms with Crippen LogP contribution >= 0.6 is 0 Å². The summed E-state index contributed by atoms with van der Waals surface area (Å²) in [5.74, 6) is -0.443. The van der Waals surface area contributed by atoms with E-state index < -0.39 is 0 Å². The number of nitrogens with zero attached hydrogens (tertiary/aromatic N) is 1. The van der Waals surface area contributed by atoms with Crippen LogP contribution in [0.25, 0.3) is 0 Å². The lowest BCUT2D eigenvalue weighted by Crippen LogP contribution is -2.41. The van der Waals surface area contributed by atoms with Crippen molar-refractivity contribution in [2.24, 2.45) is 5.92 Å². The van der Waals surface area contributed by atoms with Crippen molar-refractivity contribution in [2.75, 3.05) is 6.54 Å². The normalized spacial score (nSPS) is 21.9. The second-order valence-corrected chi connectivity index (χ2v) is 5.75. The summed E-state index contributed by atoms with van der Waals surface area (Å²) in [4.78, 5) is 22.9. The van der Waals surface area contributed by atoms with Crippen LogP contribution in [0, 0.1) is 16.0 Å². The highest BCUT2D eigenvalue weighted by Gasteiger charge is 2.47. The number of ketones is 1. The van der Waals surface area contributed by atoms with E-state index in [0.29, 0.717) is 6.42 Å². The molecule has 4 nitrogen and oxygen atoms in total. The Hall–Kier alpha value is -2.49. The van der Waals surface area contributed by atoms with Gasteiger partial charge in [0.15, 0.2) is 0 Å². The molecule has 0 N–H and O–H groups in total. The zero-order chi connectivity index (χ0) is 15.5. The van der Waals surface area contributed by atoms with Gasteiger partial charge in [-0.1, -0.05) is 60.7 Å². The van der Waals surface area contributed by atoms with Gasteiger partial charge in [0.25, 0.3) is 0 Å². The van der Waals surface area contributed by atoms with E-state index in [1.165, 1.54) is 0 Å². The van der Waals surface area contributed by atoms with Crippen LogP contribution in [0.5, 0.6) is 0 Å². The molecule has 3 atom stereocenters. The Labute approximate surface area is 128 Å². The third-order valence-electron chi connectivity index (χ3n) is 4.46. The molecule has 2 aromatic rings. The van der Waals surface area contributed by atoms with Crippen LogP contribution in [0.2, 0.25) is 0 Å². The number of benzene rings is 2. The summed E-state index contributed by atoms with van der Waals surface area (Å²) in [5.41, 5.74) is 1.97. The Morgan fingerprint density at radius 3 is 2.18 bits per heavy atom. The molecule has 1 saturated carbocycles. The SMILES string of the molecule is O=C1C[C@@H](c2ccccc2)[C@@H]1[C@H](C[N+](=O)[O-])c1ccccc1. The minimum absolute atomic E-state index is 0.0823. The first kappa shape index (κ1) is 14.4. The Balaban J connectivity index is 1.92. The summed E-state index contributed by atoms with van der Waals surface area (Å²) in [6.45, 7) is -0.205. The largest absolute Gasteiger partial charge is 0.299 e. The molecule has 112 valence electrons. The number of Topliss-reactive ketones (excluding diaryl/α,β-unsaturated/α-hetero) is 1. The standard InChI is InChI=1S/C18H17NO3/c20-17-11-15(13-7-3-1-4-8-13)18(17)16(12-19(21)22)14-9-5-2-6-10-14/h1-10,15-16,18H,11-12H2/t15-,16+,18+/m0/s1.